The molecule has 2 nitrogen and oxygen atoms in total. The van der Waals surface area contributed by atoms with Gasteiger partial charge >= 0.3 is 0 Å². The quantitative estimate of drug-likeness (QED) is 0.599. The molecule has 1 unspecified atom stereocenters. The summed E-state index contributed by atoms with van der Waals surface area (Å²) in [4.78, 5) is 0. The molecular formula is C10H18O2. The molecule has 2 aliphatic rings. The molecule has 1 aliphatic carbocycles. The summed E-state index contributed by atoms with van der Waals surface area (Å²) in [6, 6.07) is 0. The molecule has 1 saturated carbocycles. The SMILES string of the molecule is CC1COC2(CCC(O)CC2)C1. The van der Waals surface area contributed by atoms with Gasteiger partial charge in [-0.15, -0.1) is 0 Å². The van der Waals surface area contributed by atoms with Crippen molar-refractivity contribution in [2.45, 2.75) is 50.7 Å². The molecule has 0 aromatic carbocycles. The van der Waals surface area contributed by atoms with Crippen molar-refractivity contribution >= 4 is 0 Å². The number of aliphatic hydroxyl groups excluding tert-OH is 1. The highest BCUT2D eigenvalue weighted by molar-refractivity contribution is 4.92. The molecule has 1 aliphatic heterocycles. The van der Waals surface area contributed by atoms with Gasteiger partial charge in [-0.3, -0.25) is 0 Å². The predicted molar refractivity (Wildman–Crippen MR) is 46.9 cm³/mol. The first-order valence-corrected chi connectivity index (χ1v) is 5.02. The Balaban J connectivity index is 1.95. The molecular weight excluding hydrogens is 152 g/mol. The van der Waals surface area contributed by atoms with E-state index in [-0.39, 0.29) is 11.7 Å². The van der Waals surface area contributed by atoms with E-state index in [4.69, 9.17) is 4.74 Å². The Kier molecular flexibility index (Phi) is 2.13. The van der Waals surface area contributed by atoms with Gasteiger partial charge in [-0.2, -0.15) is 0 Å². The van der Waals surface area contributed by atoms with Crippen LogP contribution in [0.2, 0.25) is 0 Å². The maximum atomic E-state index is 9.36. The molecule has 1 N–H and O–H groups in total. The Bertz CT molecular complexity index is 159. The van der Waals surface area contributed by atoms with Crippen LogP contribution in [0.3, 0.4) is 0 Å². The Morgan fingerprint density at radius 1 is 1.33 bits per heavy atom. The number of hydrogen-bond acceptors (Lipinski definition) is 2. The lowest BCUT2D eigenvalue weighted by molar-refractivity contribution is -0.0510. The molecule has 2 heteroatoms. The van der Waals surface area contributed by atoms with Crippen LogP contribution >= 0.6 is 0 Å². The van der Waals surface area contributed by atoms with Crippen LogP contribution < -0.4 is 0 Å². The summed E-state index contributed by atoms with van der Waals surface area (Å²) < 4.78 is 5.83. The fraction of sp³-hybridized carbons (Fsp3) is 1.00. The molecule has 0 aromatic rings. The van der Waals surface area contributed by atoms with Gasteiger partial charge in [0.15, 0.2) is 0 Å². The van der Waals surface area contributed by atoms with Crippen molar-refractivity contribution in [2.24, 2.45) is 5.92 Å². The fourth-order valence-corrected chi connectivity index (χ4v) is 2.55. The van der Waals surface area contributed by atoms with E-state index in [0.717, 1.165) is 38.2 Å². The highest BCUT2D eigenvalue weighted by Gasteiger charge is 2.41. The van der Waals surface area contributed by atoms with Gasteiger partial charge in [0.1, 0.15) is 0 Å². The van der Waals surface area contributed by atoms with E-state index in [1.165, 1.54) is 6.42 Å². The first-order valence-electron chi connectivity index (χ1n) is 5.02. The summed E-state index contributed by atoms with van der Waals surface area (Å²) in [5.41, 5.74) is 0.165. The second-order valence-electron chi connectivity index (χ2n) is 4.53. The van der Waals surface area contributed by atoms with Crippen LogP contribution in [0.4, 0.5) is 0 Å². The number of rotatable bonds is 0. The van der Waals surface area contributed by atoms with E-state index in [1.807, 2.05) is 0 Å². The highest BCUT2D eigenvalue weighted by atomic mass is 16.5. The normalized spacial score (nSPS) is 48.5. The average molecular weight is 170 g/mol. The molecule has 1 spiro atoms. The zero-order valence-electron chi connectivity index (χ0n) is 7.75. The minimum absolute atomic E-state index is 0.0601. The maximum absolute atomic E-state index is 9.36. The summed E-state index contributed by atoms with van der Waals surface area (Å²) in [6.07, 6.45) is 5.16. The first-order chi connectivity index (χ1) is 5.70. The van der Waals surface area contributed by atoms with E-state index in [1.54, 1.807) is 0 Å². The van der Waals surface area contributed by atoms with Gasteiger partial charge in [0, 0.05) is 6.61 Å². The van der Waals surface area contributed by atoms with Gasteiger partial charge in [0.2, 0.25) is 0 Å². The van der Waals surface area contributed by atoms with Crippen molar-refractivity contribution in [1.29, 1.82) is 0 Å². The molecule has 0 aromatic heterocycles. The molecule has 70 valence electrons. The Hall–Kier alpha value is -0.0800. The number of hydrogen-bond donors (Lipinski definition) is 1. The molecule has 1 heterocycles. The monoisotopic (exact) mass is 170 g/mol. The lowest BCUT2D eigenvalue weighted by Gasteiger charge is -2.34. The Morgan fingerprint density at radius 2 is 2.00 bits per heavy atom. The van der Waals surface area contributed by atoms with Gasteiger partial charge in [0.05, 0.1) is 11.7 Å². The Morgan fingerprint density at radius 3 is 2.50 bits per heavy atom. The fourth-order valence-electron chi connectivity index (χ4n) is 2.55. The zero-order valence-corrected chi connectivity index (χ0v) is 7.75. The van der Waals surface area contributed by atoms with Crippen molar-refractivity contribution in [3.63, 3.8) is 0 Å². The highest BCUT2D eigenvalue weighted by Crippen LogP contribution is 2.41. The van der Waals surface area contributed by atoms with Gasteiger partial charge in [0.25, 0.3) is 0 Å². The van der Waals surface area contributed by atoms with Crippen molar-refractivity contribution in [3.05, 3.63) is 0 Å². The smallest absolute Gasteiger partial charge is 0.0688 e. The van der Waals surface area contributed by atoms with Crippen LogP contribution in [0.25, 0.3) is 0 Å². The van der Waals surface area contributed by atoms with Crippen LogP contribution in [-0.2, 0) is 4.74 Å². The average Bonchev–Trinajstić information content (AvgIpc) is 2.40. The molecule has 12 heavy (non-hydrogen) atoms. The summed E-state index contributed by atoms with van der Waals surface area (Å²) in [6.45, 7) is 3.18. The minimum Gasteiger partial charge on any atom is -0.393 e. The molecule has 1 saturated heterocycles. The van der Waals surface area contributed by atoms with Crippen molar-refractivity contribution in [1.82, 2.24) is 0 Å². The maximum Gasteiger partial charge on any atom is 0.0688 e. The van der Waals surface area contributed by atoms with E-state index in [9.17, 15) is 5.11 Å². The molecule has 2 rings (SSSR count). The molecule has 2 fully saturated rings. The van der Waals surface area contributed by atoms with E-state index in [0.29, 0.717) is 0 Å². The topological polar surface area (TPSA) is 29.5 Å². The van der Waals surface area contributed by atoms with Gasteiger partial charge in [-0.25, -0.2) is 0 Å². The summed E-state index contributed by atoms with van der Waals surface area (Å²) in [7, 11) is 0. The van der Waals surface area contributed by atoms with Crippen LogP contribution in [0.5, 0.6) is 0 Å². The van der Waals surface area contributed by atoms with Crippen LogP contribution in [0, 0.1) is 5.92 Å². The van der Waals surface area contributed by atoms with Crippen LogP contribution in [-0.4, -0.2) is 23.4 Å². The number of ether oxygens (including phenoxy) is 1. The lowest BCUT2D eigenvalue weighted by Crippen LogP contribution is -2.35. The standard InChI is InChI=1S/C10H18O2/c1-8-6-10(12-7-8)4-2-9(11)3-5-10/h8-9,11H,2-7H2,1H3. The summed E-state index contributed by atoms with van der Waals surface area (Å²) in [5.74, 6) is 0.722. The van der Waals surface area contributed by atoms with E-state index >= 15 is 0 Å². The third kappa shape index (κ3) is 1.50. The minimum atomic E-state index is -0.0601. The third-order valence-electron chi connectivity index (χ3n) is 3.26. The Labute approximate surface area is 73.9 Å². The summed E-state index contributed by atoms with van der Waals surface area (Å²) >= 11 is 0. The van der Waals surface area contributed by atoms with Crippen LogP contribution in [0.15, 0.2) is 0 Å². The van der Waals surface area contributed by atoms with Crippen LogP contribution in [0.1, 0.15) is 39.0 Å². The number of aliphatic hydroxyl groups is 1. The van der Waals surface area contributed by atoms with Gasteiger partial charge in [-0.05, 0) is 38.0 Å². The van der Waals surface area contributed by atoms with Gasteiger partial charge in [-0.1, -0.05) is 6.92 Å². The molecule has 0 amide bonds. The second-order valence-corrected chi connectivity index (χ2v) is 4.53. The second kappa shape index (κ2) is 3.00. The molecule has 0 radical (unpaired) electrons. The van der Waals surface area contributed by atoms with Crippen molar-refractivity contribution in [2.75, 3.05) is 6.61 Å². The molecule has 1 atom stereocenters. The summed E-state index contributed by atoms with van der Waals surface area (Å²) in [5, 5.41) is 9.36. The zero-order chi connectivity index (χ0) is 8.60. The largest absolute Gasteiger partial charge is 0.393 e. The van der Waals surface area contributed by atoms with E-state index in [2.05, 4.69) is 6.92 Å². The van der Waals surface area contributed by atoms with E-state index < -0.39 is 0 Å². The molecule has 0 bridgehead atoms. The lowest BCUT2D eigenvalue weighted by atomic mass is 9.80. The first kappa shape index (κ1) is 8.52. The predicted octanol–water partition coefficient (Wildman–Crippen LogP) is 1.72. The van der Waals surface area contributed by atoms with Crippen molar-refractivity contribution in [3.8, 4) is 0 Å². The van der Waals surface area contributed by atoms with Crippen molar-refractivity contribution < 1.29 is 9.84 Å². The third-order valence-corrected chi connectivity index (χ3v) is 3.26. The van der Waals surface area contributed by atoms with Gasteiger partial charge < -0.3 is 9.84 Å².